The highest BCUT2D eigenvalue weighted by Gasteiger charge is 2.12. The quantitative estimate of drug-likeness (QED) is 0.595. The van der Waals surface area contributed by atoms with E-state index in [1.165, 1.54) is 27.8 Å². The molecule has 0 aromatic heterocycles. The number of allylic oxidation sites excluding steroid dienone is 6. The van der Waals surface area contributed by atoms with Gasteiger partial charge in [0.1, 0.15) is 0 Å². The fraction of sp³-hybridized carbons (Fsp3) is 0.0909. The van der Waals surface area contributed by atoms with Crippen molar-refractivity contribution >= 4 is 5.57 Å². The van der Waals surface area contributed by atoms with Crippen molar-refractivity contribution in [2.24, 2.45) is 0 Å². The minimum atomic E-state index is 1.02. The fourth-order valence-corrected chi connectivity index (χ4v) is 2.78. The summed E-state index contributed by atoms with van der Waals surface area (Å²) in [4.78, 5) is 0. The van der Waals surface area contributed by atoms with Gasteiger partial charge in [-0.1, -0.05) is 85.0 Å². The second kappa shape index (κ2) is 6.91. The zero-order chi connectivity index (χ0) is 15.2. The molecule has 0 bridgehead atoms. The number of benzene rings is 2. The largest absolute Gasteiger partial charge is 0.103 e. The summed E-state index contributed by atoms with van der Waals surface area (Å²) >= 11 is 0. The maximum Gasteiger partial charge on any atom is -0.00388 e. The van der Waals surface area contributed by atoms with E-state index < -0.39 is 0 Å². The van der Waals surface area contributed by atoms with E-state index in [4.69, 9.17) is 0 Å². The second-order valence-corrected chi connectivity index (χ2v) is 5.44. The second-order valence-electron chi connectivity index (χ2n) is 5.44. The minimum absolute atomic E-state index is 1.02. The molecule has 0 aliphatic heterocycles. The van der Waals surface area contributed by atoms with Gasteiger partial charge in [0, 0.05) is 0 Å². The summed E-state index contributed by atoms with van der Waals surface area (Å²) < 4.78 is 0. The lowest BCUT2D eigenvalue weighted by atomic mass is 9.93. The van der Waals surface area contributed by atoms with Gasteiger partial charge in [-0.15, -0.1) is 6.58 Å². The van der Waals surface area contributed by atoms with Crippen LogP contribution < -0.4 is 0 Å². The molecule has 0 saturated carbocycles. The summed E-state index contributed by atoms with van der Waals surface area (Å²) in [6, 6.07) is 21.2. The molecule has 0 saturated heterocycles. The smallest absolute Gasteiger partial charge is 0.00388 e. The van der Waals surface area contributed by atoms with Crippen molar-refractivity contribution in [1.29, 1.82) is 0 Å². The minimum Gasteiger partial charge on any atom is -0.103 e. The first kappa shape index (κ1) is 14.3. The zero-order valence-electron chi connectivity index (χ0n) is 12.7. The summed E-state index contributed by atoms with van der Waals surface area (Å²) in [7, 11) is 0. The first-order valence-electron chi connectivity index (χ1n) is 7.73. The molecule has 0 heterocycles. The summed E-state index contributed by atoms with van der Waals surface area (Å²) in [5.74, 6) is 0. The van der Waals surface area contributed by atoms with Gasteiger partial charge in [0.25, 0.3) is 0 Å². The van der Waals surface area contributed by atoms with Gasteiger partial charge in [0.15, 0.2) is 0 Å². The van der Waals surface area contributed by atoms with Crippen LogP contribution in [0.2, 0.25) is 0 Å². The van der Waals surface area contributed by atoms with Gasteiger partial charge >= 0.3 is 0 Å². The third-order valence-electron chi connectivity index (χ3n) is 3.87. The first-order chi connectivity index (χ1) is 10.9. The summed E-state index contributed by atoms with van der Waals surface area (Å²) in [5, 5.41) is 0. The zero-order valence-corrected chi connectivity index (χ0v) is 12.7. The molecular formula is C22H20. The van der Waals surface area contributed by atoms with E-state index in [0.717, 1.165) is 12.8 Å². The highest BCUT2D eigenvalue weighted by atomic mass is 14.2. The molecule has 0 amide bonds. The topological polar surface area (TPSA) is 0 Å². The van der Waals surface area contributed by atoms with Crippen molar-refractivity contribution in [2.75, 3.05) is 0 Å². The Morgan fingerprint density at radius 1 is 0.818 bits per heavy atom. The lowest BCUT2D eigenvalue weighted by Gasteiger charge is -2.11. The Balaban J connectivity index is 2.08. The molecule has 0 nitrogen and oxygen atoms in total. The Morgan fingerprint density at radius 2 is 1.41 bits per heavy atom. The van der Waals surface area contributed by atoms with Crippen molar-refractivity contribution in [3.05, 3.63) is 114 Å². The van der Waals surface area contributed by atoms with Gasteiger partial charge in [-0.25, -0.2) is 0 Å². The number of hydrogen-bond acceptors (Lipinski definition) is 0. The molecule has 3 rings (SSSR count). The Hall–Kier alpha value is -2.60. The molecule has 22 heavy (non-hydrogen) atoms. The molecule has 0 spiro atoms. The Labute approximate surface area is 132 Å². The van der Waals surface area contributed by atoms with E-state index in [1.54, 1.807) is 0 Å². The van der Waals surface area contributed by atoms with Crippen LogP contribution in [0.4, 0.5) is 0 Å². The molecule has 1 aliphatic carbocycles. The molecule has 0 atom stereocenters. The maximum atomic E-state index is 3.81. The molecule has 0 fully saturated rings. The van der Waals surface area contributed by atoms with Gasteiger partial charge in [-0.05, 0) is 40.7 Å². The van der Waals surface area contributed by atoms with Crippen LogP contribution in [0, 0.1) is 0 Å². The van der Waals surface area contributed by atoms with Crippen molar-refractivity contribution in [3.8, 4) is 0 Å². The van der Waals surface area contributed by atoms with Gasteiger partial charge in [-0.3, -0.25) is 0 Å². The van der Waals surface area contributed by atoms with Crippen molar-refractivity contribution in [2.45, 2.75) is 12.8 Å². The van der Waals surface area contributed by atoms with Crippen molar-refractivity contribution in [3.63, 3.8) is 0 Å². The third-order valence-corrected chi connectivity index (χ3v) is 3.87. The predicted octanol–water partition coefficient (Wildman–Crippen LogP) is 5.95. The van der Waals surface area contributed by atoms with Crippen LogP contribution in [0.3, 0.4) is 0 Å². The average molecular weight is 284 g/mol. The van der Waals surface area contributed by atoms with E-state index >= 15 is 0 Å². The van der Waals surface area contributed by atoms with Gasteiger partial charge in [0.05, 0.1) is 0 Å². The average Bonchev–Trinajstić information content (AvgIpc) is 3.04. The van der Waals surface area contributed by atoms with E-state index in [2.05, 4.69) is 85.5 Å². The van der Waals surface area contributed by atoms with Crippen LogP contribution in [0.1, 0.15) is 24.0 Å². The molecule has 108 valence electrons. The fourth-order valence-electron chi connectivity index (χ4n) is 2.78. The predicted molar refractivity (Wildman–Crippen MR) is 95.6 cm³/mol. The van der Waals surface area contributed by atoms with Crippen LogP contribution in [-0.2, 0) is 0 Å². The third kappa shape index (κ3) is 3.17. The highest BCUT2D eigenvalue weighted by Crippen LogP contribution is 2.32. The molecule has 2 aromatic rings. The number of hydrogen-bond donors (Lipinski definition) is 0. The molecule has 0 unspecified atom stereocenters. The summed E-state index contributed by atoms with van der Waals surface area (Å²) in [6.45, 7) is 3.81. The molecular weight excluding hydrogens is 264 g/mol. The lowest BCUT2D eigenvalue weighted by molar-refractivity contribution is 1.01. The van der Waals surface area contributed by atoms with Crippen LogP contribution in [0.15, 0.2) is 103 Å². The van der Waals surface area contributed by atoms with Crippen LogP contribution in [0.5, 0.6) is 0 Å². The Morgan fingerprint density at radius 3 is 1.95 bits per heavy atom. The molecule has 1 aliphatic rings. The molecule has 2 aromatic carbocycles. The Bertz CT molecular complexity index is 687. The normalized spacial score (nSPS) is 13.1. The van der Waals surface area contributed by atoms with E-state index in [1.807, 2.05) is 6.08 Å². The molecule has 0 N–H and O–H groups in total. The summed E-state index contributed by atoms with van der Waals surface area (Å²) in [6.07, 6.45) is 10.8. The van der Waals surface area contributed by atoms with E-state index in [9.17, 15) is 0 Å². The van der Waals surface area contributed by atoms with E-state index in [0.29, 0.717) is 0 Å². The first-order valence-corrected chi connectivity index (χ1v) is 7.73. The maximum absolute atomic E-state index is 3.81. The van der Waals surface area contributed by atoms with E-state index in [-0.39, 0.29) is 0 Å². The lowest BCUT2D eigenvalue weighted by Crippen LogP contribution is -1.90. The Kier molecular flexibility index (Phi) is 4.50. The highest BCUT2D eigenvalue weighted by molar-refractivity contribution is 5.86. The molecule has 0 radical (unpaired) electrons. The standard InChI is InChI=1S/C22H20/c1-2-3-10-18-15-16-21(17-18)22(19-11-6-4-7-12-19)20-13-8-5-9-14-20/h2,4-9,11-17H,1,3,10H2. The van der Waals surface area contributed by atoms with Crippen molar-refractivity contribution < 1.29 is 0 Å². The van der Waals surface area contributed by atoms with Crippen LogP contribution >= 0.6 is 0 Å². The number of rotatable bonds is 5. The van der Waals surface area contributed by atoms with Crippen molar-refractivity contribution in [1.82, 2.24) is 0 Å². The van der Waals surface area contributed by atoms with Crippen LogP contribution in [-0.4, -0.2) is 0 Å². The SMILES string of the molecule is C=CCCC1=CC(=C(c2ccccc2)c2ccccc2)C=C1. The monoisotopic (exact) mass is 284 g/mol. The molecule has 0 heteroatoms. The summed E-state index contributed by atoms with van der Waals surface area (Å²) in [5.41, 5.74) is 6.48. The van der Waals surface area contributed by atoms with Crippen LogP contribution in [0.25, 0.3) is 5.57 Å². The van der Waals surface area contributed by atoms with Gasteiger partial charge in [0.2, 0.25) is 0 Å². The van der Waals surface area contributed by atoms with Gasteiger partial charge < -0.3 is 0 Å². The van der Waals surface area contributed by atoms with Gasteiger partial charge in [-0.2, -0.15) is 0 Å².